The summed E-state index contributed by atoms with van der Waals surface area (Å²) in [5, 5.41) is 20.2. The van der Waals surface area contributed by atoms with Gasteiger partial charge in [-0.05, 0) is 126 Å². The van der Waals surface area contributed by atoms with Gasteiger partial charge in [-0.3, -0.25) is 5.43 Å². The molecule has 0 bridgehead atoms. The van der Waals surface area contributed by atoms with Crippen molar-refractivity contribution < 1.29 is 8.42 Å². The fraction of sp³-hybridized carbons (Fsp3) is 0.970. The molecule has 3 heterocycles. The first-order valence-electron chi connectivity index (χ1n) is 17.5. The van der Waals surface area contributed by atoms with Crippen LogP contribution in [0.25, 0.3) is 0 Å². The lowest BCUT2D eigenvalue weighted by Gasteiger charge is -2.50. The summed E-state index contributed by atoms with van der Waals surface area (Å²) in [6, 6.07) is 4.34. The number of nitrogens with zero attached hydrogens (tertiary/aromatic N) is 2. The zero-order valence-corrected chi connectivity index (χ0v) is 27.3. The van der Waals surface area contributed by atoms with Crippen molar-refractivity contribution in [1.29, 1.82) is 5.26 Å². The number of hydrogen-bond donors (Lipinski definition) is 4. The number of fused-ring (bicyclic) bond motifs is 3. The van der Waals surface area contributed by atoms with Gasteiger partial charge in [-0.2, -0.15) is 5.26 Å². The molecule has 9 heteroatoms. The zero-order chi connectivity index (χ0) is 29.5. The largest absolute Gasteiger partial charge is 0.315 e. The Hall–Kier alpha value is -0.760. The molecule has 3 aliphatic carbocycles. The standard InChI is InChI=1S/C33H58N6O2S/c1-33(2,21-34)26-12-9-23(10-13-26)32-31-28-16-24(25-15-27(18-35-17-25)38-42(3,40)41)11-14-29(28)36-19-30(31)37-39(32)20-22-7-5-4-6-8-22/h22-32,35-38H,4-20H2,1-3H3. The molecule has 0 amide bonds. The van der Waals surface area contributed by atoms with E-state index in [4.69, 9.17) is 0 Å². The first-order valence-corrected chi connectivity index (χ1v) is 19.4. The minimum absolute atomic E-state index is 0.00780. The second-order valence-corrected chi connectivity index (χ2v) is 17.7. The molecule has 6 fully saturated rings. The molecule has 3 aliphatic heterocycles. The molecule has 0 aromatic heterocycles. The minimum atomic E-state index is -3.19. The van der Waals surface area contributed by atoms with Crippen LogP contribution in [0.1, 0.15) is 97.3 Å². The number of sulfonamides is 1. The SMILES string of the molecule is CC(C)(C#N)C1CCC(C2C3C(CNC4CCC(C5CNCC(NS(C)(=O)=O)C5)CC43)NN2CC2CCCCC2)CC1. The number of hydrogen-bond acceptors (Lipinski definition) is 7. The van der Waals surface area contributed by atoms with E-state index in [-0.39, 0.29) is 11.5 Å². The first-order chi connectivity index (χ1) is 20.1. The Labute approximate surface area is 255 Å². The van der Waals surface area contributed by atoms with Crippen LogP contribution in [-0.4, -0.2) is 70.0 Å². The van der Waals surface area contributed by atoms with Crippen LogP contribution in [0.4, 0.5) is 0 Å². The summed E-state index contributed by atoms with van der Waals surface area (Å²) in [7, 11) is -3.19. The summed E-state index contributed by atoms with van der Waals surface area (Å²) >= 11 is 0. The monoisotopic (exact) mass is 602 g/mol. The number of piperidine rings is 2. The third kappa shape index (κ3) is 6.89. The van der Waals surface area contributed by atoms with Crippen molar-refractivity contribution >= 4 is 10.0 Å². The van der Waals surface area contributed by atoms with E-state index >= 15 is 0 Å². The fourth-order valence-corrected chi connectivity index (χ4v) is 11.4. The lowest BCUT2D eigenvalue weighted by atomic mass is 9.60. The molecule has 0 radical (unpaired) electrons. The van der Waals surface area contributed by atoms with Crippen molar-refractivity contribution in [3.8, 4) is 6.07 Å². The van der Waals surface area contributed by atoms with Crippen molar-refractivity contribution in [3.63, 3.8) is 0 Å². The predicted octanol–water partition coefficient (Wildman–Crippen LogP) is 4.01. The van der Waals surface area contributed by atoms with E-state index in [0.29, 0.717) is 53.6 Å². The molecule has 8 nitrogen and oxygen atoms in total. The van der Waals surface area contributed by atoms with Gasteiger partial charge in [0.05, 0.1) is 17.7 Å². The average molecular weight is 603 g/mol. The van der Waals surface area contributed by atoms with Gasteiger partial charge in [0.1, 0.15) is 0 Å². The summed E-state index contributed by atoms with van der Waals surface area (Å²) in [5.74, 6) is 4.59. The number of rotatable bonds is 7. The Morgan fingerprint density at radius 1 is 0.881 bits per heavy atom. The summed E-state index contributed by atoms with van der Waals surface area (Å²) < 4.78 is 26.8. The molecular weight excluding hydrogens is 544 g/mol. The van der Waals surface area contributed by atoms with Gasteiger partial charge < -0.3 is 10.6 Å². The normalized spacial score (nSPS) is 42.4. The van der Waals surface area contributed by atoms with Gasteiger partial charge in [-0.1, -0.05) is 19.3 Å². The Kier molecular flexibility index (Phi) is 9.61. The van der Waals surface area contributed by atoms with E-state index in [2.05, 4.69) is 45.7 Å². The minimum Gasteiger partial charge on any atom is -0.315 e. The second-order valence-electron chi connectivity index (χ2n) is 15.9. The van der Waals surface area contributed by atoms with E-state index in [1.165, 1.54) is 89.9 Å². The zero-order valence-electron chi connectivity index (χ0n) is 26.5. The summed E-state index contributed by atoms with van der Waals surface area (Å²) in [4.78, 5) is 0. The smallest absolute Gasteiger partial charge is 0.208 e. The number of nitrogens with one attached hydrogen (secondary N) is 4. The van der Waals surface area contributed by atoms with E-state index in [1.54, 1.807) is 0 Å². The Balaban J connectivity index is 1.20. The van der Waals surface area contributed by atoms with E-state index in [1.807, 2.05) is 0 Å². The Morgan fingerprint density at radius 3 is 2.33 bits per heavy atom. The highest BCUT2D eigenvalue weighted by Gasteiger charge is 2.55. The van der Waals surface area contributed by atoms with Crippen LogP contribution in [0.15, 0.2) is 0 Å². The van der Waals surface area contributed by atoms with Crippen LogP contribution in [-0.2, 0) is 10.0 Å². The lowest BCUT2D eigenvalue weighted by Crippen LogP contribution is -2.59. The Morgan fingerprint density at radius 2 is 1.62 bits per heavy atom. The molecule has 42 heavy (non-hydrogen) atoms. The summed E-state index contributed by atoms with van der Waals surface area (Å²) in [6.45, 7) is 8.33. The van der Waals surface area contributed by atoms with Crippen LogP contribution in [0.3, 0.4) is 0 Å². The maximum atomic E-state index is 12.0. The molecule has 3 saturated carbocycles. The van der Waals surface area contributed by atoms with Crippen molar-refractivity contribution in [3.05, 3.63) is 0 Å². The molecule has 0 spiro atoms. The highest BCUT2D eigenvalue weighted by molar-refractivity contribution is 7.88. The van der Waals surface area contributed by atoms with Gasteiger partial charge >= 0.3 is 0 Å². The molecule has 4 N–H and O–H groups in total. The highest BCUT2D eigenvalue weighted by Crippen LogP contribution is 2.50. The molecule has 3 saturated heterocycles. The van der Waals surface area contributed by atoms with Gasteiger partial charge in [0.15, 0.2) is 0 Å². The molecule has 6 aliphatic rings. The van der Waals surface area contributed by atoms with E-state index in [0.717, 1.165) is 32.0 Å². The van der Waals surface area contributed by atoms with Gasteiger partial charge in [-0.25, -0.2) is 18.1 Å². The fourth-order valence-electron chi connectivity index (χ4n) is 10.6. The molecule has 0 aromatic carbocycles. The quantitative estimate of drug-likeness (QED) is 0.349. The van der Waals surface area contributed by atoms with Crippen LogP contribution in [0.2, 0.25) is 0 Å². The van der Waals surface area contributed by atoms with Crippen molar-refractivity contribution in [2.75, 3.05) is 32.4 Å². The van der Waals surface area contributed by atoms with Gasteiger partial charge in [0.2, 0.25) is 10.0 Å². The molecular formula is C33H58N6O2S. The first kappa shape index (κ1) is 31.2. The van der Waals surface area contributed by atoms with E-state index in [9.17, 15) is 13.7 Å². The van der Waals surface area contributed by atoms with Crippen molar-refractivity contribution in [2.24, 2.45) is 46.8 Å². The third-order valence-corrected chi connectivity index (χ3v) is 13.5. The predicted molar refractivity (Wildman–Crippen MR) is 168 cm³/mol. The topological polar surface area (TPSA) is 109 Å². The molecule has 8 unspecified atom stereocenters. The lowest BCUT2D eigenvalue weighted by molar-refractivity contribution is 0.0185. The van der Waals surface area contributed by atoms with Crippen LogP contribution >= 0.6 is 0 Å². The summed E-state index contributed by atoms with van der Waals surface area (Å²) in [6.07, 6.45) is 17.9. The van der Waals surface area contributed by atoms with Crippen molar-refractivity contribution in [2.45, 2.75) is 121 Å². The number of hydrazine groups is 1. The molecule has 6 rings (SSSR count). The average Bonchev–Trinajstić information content (AvgIpc) is 3.35. The van der Waals surface area contributed by atoms with Crippen molar-refractivity contribution in [1.82, 2.24) is 25.8 Å². The molecule has 8 atom stereocenters. The molecule has 238 valence electrons. The van der Waals surface area contributed by atoms with E-state index < -0.39 is 10.0 Å². The maximum Gasteiger partial charge on any atom is 0.208 e. The maximum absolute atomic E-state index is 12.0. The van der Waals surface area contributed by atoms with Crippen LogP contribution < -0.4 is 20.8 Å². The highest BCUT2D eigenvalue weighted by atomic mass is 32.2. The van der Waals surface area contributed by atoms with Gasteiger partial charge in [0.25, 0.3) is 0 Å². The van der Waals surface area contributed by atoms with Crippen LogP contribution in [0, 0.1) is 58.2 Å². The molecule has 0 aromatic rings. The van der Waals surface area contributed by atoms with Gasteiger partial charge in [0, 0.05) is 43.8 Å². The Bertz CT molecular complexity index is 1060. The summed E-state index contributed by atoms with van der Waals surface area (Å²) in [5.41, 5.74) is 3.91. The second kappa shape index (κ2) is 12.9. The third-order valence-electron chi connectivity index (χ3n) is 12.8. The van der Waals surface area contributed by atoms with Crippen LogP contribution in [0.5, 0.6) is 0 Å². The van der Waals surface area contributed by atoms with Gasteiger partial charge in [-0.15, -0.1) is 0 Å². The number of nitriles is 1.